The molecule has 0 aliphatic carbocycles. The quantitative estimate of drug-likeness (QED) is 0.578. The Bertz CT molecular complexity index is 835. The number of halogens is 3. The van der Waals surface area contributed by atoms with Gasteiger partial charge in [0.2, 0.25) is 0 Å². The first-order valence-electron chi connectivity index (χ1n) is 6.53. The molecule has 112 valence electrons. The van der Waals surface area contributed by atoms with Crippen LogP contribution < -0.4 is 4.74 Å². The minimum absolute atomic E-state index is 0.256. The molecule has 2 aromatic heterocycles. The Labute approximate surface area is 146 Å². The molecule has 0 fully saturated rings. The molecule has 0 saturated heterocycles. The van der Waals surface area contributed by atoms with Gasteiger partial charge in [0.15, 0.2) is 0 Å². The maximum absolute atomic E-state index is 6.11. The van der Waals surface area contributed by atoms with E-state index in [2.05, 4.69) is 25.9 Å². The van der Waals surface area contributed by atoms with Gasteiger partial charge in [-0.3, -0.25) is 4.98 Å². The molecule has 0 unspecified atom stereocenters. The molecule has 3 aromatic rings. The number of hydrogen-bond donors (Lipinski definition) is 0. The standard InChI is InChI=1S/C16H11BrCl2N2O/c1-9-5-12(17)10-3-2-4-15(16(10)21-9)22-8-11-13(18)6-20-7-14(11)19/h2-7H,8H2,1H3. The van der Waals surface area contributed by atoms with Crippen LogP contribution in [0.2, 0.25) is 10.0 Å². The third-order valence-electron chi connectivity index (χ3n) is 3.20. The molecule has 6 heteroatoms. The Kier molecular flexibility index (Phi) is 4.52. The summed E-state index contributed by atoms with van der Waals surface area (Å²) in [7, 11) is 0. The molecule has 0 aliphatic heterocycles. The normalized spacial score (nSPS) is 10.9. The highest BCUT2D eigenvalue weighted by atomic mass is 79.9. The van der Waals surface area contributed by atoms with Crippen molar-refractivity contribution in [3.8, 4) is 5.75 Å². The number of benzene rings is 1. The summed E-state index contributed by atoms with van der Waals surface area (Å²) >= 11 is 15.8. The number of para-hydroxylation sites is 1. The molecular weight excluding hydrogens is 387 g/mol. The summed E-state index contributed by atoms with van der Waals surface area (Å²) in [6.07, 6.45) is 3.10. The van der Waals surface area contributed by atoms with Gasteiger partial charge in [-0.15, -0.1) is 0 Å². The monoisotopic (exact) mass is 396 g/mol. The van der Waals surface area contributed by atoms with Crippen molar-refractivity contribution in [1.29, 1.82) is 0 Å². The summed E-state index contributed by atoms with van der Waals surface area (Å²) in [6, 6.07) is 7.77. The smallest absolute Gasteiger partial charge is 0.146 e. The maximum Gasteiger partial charge on any atom is 0.146 e. The zero-order chi connectivity index (χ0) is 15.7. The second-order valence-corrected chi connectivity index (χ2v) is 6.44. The number of ether oxygens (including phenoxy) is 1. The number of aromatic nitrogens is 2. The fraction of sp³-hybridized carbons (Fsp3) is 0.125. The summed E-state index contributed by atoms with van der Waals surface area (Å²) in [5, 5.41) is 1.96. The van der Waals surface area contributed by atoms with Crippen molar-refractivity contribution in [2.24, 2.45) is 0 Å². The lowest BCUT2D eigenvalue weighted by atomic mass is 10.2. The largest absolute Gasteiger partial charge is 0.487 e. The molecule has 0 aliphatic rings. The van der Waals surface area contributed by atoms with Crippen LogP contribution in [0, 0.1) is 6.92 Å². The fourth-order valence-electron chi connectivity index (χ4n) is 2.14. The van der Waals surface area contributed by atoms with Crippen LogP contribution in [0.25, 0.3) is 10.9 Å². The highest BCUT2D eigenvalue weighted by molar-refractivity contribution is 9.10. The minimum atomic E-state index is 0.256. The van der Waals surface area contributed by atoms with E-state index in [1.807, 2.05) is 31.2 Å². The van der Waals surface area contributed by atoms with Gasteiger partial charge in [0.05, 0.1) is 10.0 Å². The Morgan fingerprint density at radius 3 is 2.64 bits per heavy atom. The Hall–Kier alpha value is -1.36. The van der Waals surface area contributed by atoms with E-state index in [0.29, 0.717) is 21.4 Å². The molecular formula is C16H11BrCl2N2O. The van der Waals surface area contributed by atoms with E-state index >= 15 is 0 Å². The summed E-state index contributed by atoms with van der Waals surface area (Å²) in [5.41, 5.74) is 2.42. The first kappa shape index (κ1) is 15.5. The third-order valence-corrected chi connectivity index (χ3v) is 4.51. The van der Waals surface area contributed by atoms with E-state index < -0.39 is 0 Å². The molecule has 0 saturated carbocycles. The van der Waals surface area contributed by atoms with Crippen LogP contribution >= 0.6 is 39.1 Å². The van der Waals surface area contributed by atoms with Gasteiger partial charge in [0, 0.05) is 33.5 Å². The molecule has 1 aromatic carbocycles. The average Bonchev–Trinajstić information content (AvgIpc) is 2.47. The van der Waals surface area contributed by atoms with Crippen molar-refractivity contribution in [2.75, 3.05) is 0 Å². The topological polar surface area (TPSA) is 35.0 Å². The van der Waals surface area contributed by atoms with Crippen LogP contribution in [-0.4, -0.2) is 9.97 Å². The number of nitrogens with zero attached hydrogens (tertiary/aromatic N) is 2. The van der Waals surface area contributed by atoms with Crippen LogP contribution in [-0.2, 0) is 6.61 Å². The summed E-state index contributed by atoms with van der Waals surface area (Å²) in [6.45, 7) is 2.20. The van der Waals surface area contributed by atoms with Gasteiger partial charge in [0.1, 0.15) is 17.9 Å². The van der Waals surface area contributed by atoms with Crippen molar-refractivity contribution in [3.05, 3.63) is 62.4 Å². The molecule has 22 heavy (non-hydrogen) atoms. The van der Waals surface area contributed by atoms with E-state index in [-0.39, 0.29) is 6.61 Å². The highest BCUT2D eigenvalue weighted by Crippen LogP contribution is 2.31. The summed E-state index contributed by atoms with van der Waals surface area (Å²) in [4.78, 5) is 8.49. The van der Waals surface area contributed by atoms with Gasteiger partial charge < -0.3 is 4.74 Å². The molecule has 0 spiro atoms. The lowest BCUT2D eigenvalue weighted by Crippen LogP contribution is -1.99. The number of hydrogen-bond acceptors (Lipinski definition) is 3. The number of fused-ring (bicyclic) bond motifs is 1. The van der Waals surface area contributed by atoms with E-state index in [4.69, 9.17) is 27.9 Å². The van der Waals surface area contributed by atoms with Crippen LogP contribution in [0.1, 0.15) is 11.3 Å². The van der Waals surface area contributed by atoms with Gasteiger partial charge in [-0.25, -0.2) is 4.98 Å². The summed E-state index contributed by atoms with van der Waals surface area (Å²) in [5.74, 6) is 0.686. The third kappa shape index (κ3) is 3.05. The van der Waals surface area contributed by atoms with Crippen molar-refractivity contribution in [3.63, 3.8) is 0 Å². The summed E-state index contributed by atoms with van der Waals surface area (Å²) < 4.78 is 6.88. The van der Waals surface area contributed by atoms with E-state index in [1.54, 1.807) is 12.4 Å². The zero-order valence-electron chi connectivity index (χ0n) is 11.6. The first-order chi connectivity index (χ1) is 10.6. The Morgan fingerprint density at radius 2 is 1.91 bits per heavy atom. The van der Waals surface area contributed by atoms with Gasteiger partial charge in [-0.05, 0) is 19.1 Å². The second kappa shape index (κ2) is 6.41. The van der Waals surface area contributed by atoms with Crippen molar-refractivity contribution in [1.82, 2.24) is 9.97 Å². The first-order valence-corrected chi connectivity index (χ1v) is 8.07. The van der Waals surface area contributed by atoms with Gasteiger partial charge in [0.25, 0.3) is 0 Å². The molecule has 2 heterocycles. The van der Waals surface area contributed by atoms with Gasteiger partial charge in [-0.1, -0.05) is 51.3 Å². The number of pyridine rings is 2. The molecule has 0 atom stereocenters. The van der Waals surface area contributed by atoms with E-state index in [0.717, 1.165) is 21.1 Å². The molecule has 0 bridgehead atoms. The van der Waals surface area contributed by atoms with Crippen molar-refractivity contribution >= 4 is 50.0 Å². The van der Waals surface area contributed by atoms with Crippen LogP contribution in [0.15, 0.2) is 41.1 Å². The van der Waals surface area contributed by atoms with Gasteiger partial charge >= 0.3 is 0 Å². The van der Waals surface area contributed by atoms with E-state index in [9.17, 15) is 0 Å². The molecule has 3 rings (SSSR count). The van der Waals surface area contributed by atoms with Crippen LogP contribution in [0.3, 0.4) is 0 Å². The minimum Gasteiger partial charge on any atom is -0.487 e. The molecule has 3 nitrogen and oxygen atoms in total. The SMILES string of the molecule is Cc1cc(Br)c2cccc(OCc3c(Cl)cncc3Cl)c2n1. The lowest BCUT2D eigenvalue weighted by molar-refractivity contribution is 0.309. The Balaban J connectivity index is 1.98. The molecule has 0 radical (unpaired) electrons. The lowest BCUT2D eigenvalue weighted by Gasteiger charge is -2.12. The maximum atomic E-state index is 6.11. The van der Waals surface area contributed by atoms with Crippen molar-refractivity contribution in [2.45, 2.75) is 13.5 Å². The van der Waals surface area contributed by atoms with E-state index in [1.165, 1.54) is 0 Å². The predicted molar refractivity (Wildman–Crippen MR) is 92.8 cm³/mol. The van der Waals surface area contributed by atoms with Gasteiger partial charge in [-0.2, -0.15) is 0 Å². The number of rotatable bonds is 3. The average molecular weight is 398 g/mol. The second-order valence-electron chi connectivity index (χ2n) is 4.77. The fourth-order valence-corrected chi connectivity index (χ4v) is 3.27. The van der Waals surface area contributed by atoms with Crippen molar-refractivity contribution < 1.29 is 4.74 Å². The van der Waals surface area contributed by atoms with Crippen LogP contribution in [0.5, 0.6) is 5.75 Å². The predicted octanol–water partition coefficient (Wildman–Crippen LogP) is 5.59. The Morgan fingerprint density at radius 1 is 1.18 bits per heavy atom. The molecule has 0 amide bonds. The molecule has 0 N–H and O–H groups in total. The highest BCUT2D eigenvalue weighted by Gasteiger charge is 2.11. The number of aryl methyl sites for hydroxylation is 1. The van der Waals surface area contributed by atoms with Crippen LogP contribution in [0.4, 0.5) is 0 Å². The zero-order valence-corrected chi connectivity index (χ0v) is 14.7.